The molecule has 198 valence electrons. The van der Waals surface area contributed by atoms with Crippen LogP contribution in [0.5, 0.6) is 0 Å². The van der Waals surface area contributed by atoms with E-state index in [0.29, 0.717) is 23.8 Å². The van der Waals surface area contributed by atoms with Gasteiger partial charge >= 0.3 is 0 Å². The van der Waals surface area contributed by atoms with Gasteiger partial charge in [0.2, 0.25) is 5.89 Å². The summed E-state index contributed by atoms with van der Waals surface area (Å²) in [4.78, 5) is 17.6. The number of aromatic nitrogens is 1. The Morgan fingerprint density at radius 1 is 0.974 bits per heavy atom. The summed E-state index contributed by atoms with van der Waals surface area (Å²) in [6.45, 7) is 4.38. The van der Waals surface area contributed by atoms with Gasteiger partial charge in [0.05, 0.1) is 12.1 Å². The fourth-order valence-electron chi connectivity index (χ4n) is 4.28. The number of nitrogens with one attached hydrogen (secondary N) is 2. The van der Waals surface area contributed by atoms with Crippen LogP contribution in [-0.2, 0) is 19.4 Å². The molecule has 1 amide bonds. The summed E-state index contributed by atoms with van der Waals surface area (Å²) in [6, 6.07) is 19.6. The molecule has 2 unspecified atom stereocenters. The van der Waals surface area contributed by atoms with Crippen molar-refractivity contribution in [2.24, 2.45) is 0 Å². The summed E-state index contributed by atoms with van der Waals surface area (Å²) in [5.74, 6) is -1.39. The number of halogens is 2. The quantitative estimate of drug-likeness (QED) is 0.260. The highest BCUT2D eigenvalue weighted by atomic mass is 19.1. The first-order valence-corrected chi connectivity index (χ1v) is 12.6. The summed E-state index contributed by atoms with van der Waals surface area (Å²) in [7, 11) is 0. The Bertz CT molecular complexity index is 1350. The Kier molecular flexibility index (Phi) is 8.99. The highest BCUT2D eigenvalue weighted by Crippen LogP contribution is 2.22. The van der Waals surface area contributed by atoms with E-state index in [1.54, 1.807) is 6.92 Å². The lowest BCUT2D eigenvalue weighted by Crippen LogP contribution is -2.48. The number of aliphatic hydroxyl groups is 1. The summed E-state index contributed by atoms with van der Waals surface area (Å²) in [5.41, 5.74) is 3.38. The Labute approximate surface area is 220 Å². The summed E-state index contributed by atoms with van der Waals surface area (Å²) >= 11 is 0. The molecule has 1 aromatic heterocycles. The van der Waals surface area contributed by atoms with Crippen LogP contribution in [0.3, 0.4) is 0 Å². The lowest BCUT2D eigenvalue weighted by atomic mass is 10.00. The van der Waals surface area contributed by atoms with Crippen LogP contribution in [0.1, 0.15) is 39.9 Å². The van der Waals surface area contributed by atoms with Gasteiger partial charge in [-0.3, -0.25) is 4.79 Å². The Hall–Kier alpha value is -3.88. The fourth-order valence-corrected chi connectivity index (χ4v) is 4.28. The van der Waals surface area contributed by atoms with E-state index in [4.69, 9.17) is 4.42 Å². The van der Waals surface area contributed by atoms with Gasteiger partial charge in [-0.15, -0.1) is 0 Å². The molecule has 38 heavy (non-hydrogen) atoms. The van der Waals surface area contributed by atoms with Gasteiger partial charge < -0.3 is 20.2 Å². The predicted octanol–water partition coefficient (Wildman–Crippen LogP) is 4.98. The van der Waals surface area contributed by atoms with Crippen LogP contribution in [0.25, 0.3) is 11.5 Å². The number of benzene rings is 3. The Morgan fingerprint density at radius 3 is 2.39 bits per heavy atom. The molecule has 0 bridgehead atoms. The number of aliphatic hydroxyl groups excluding tert-OH is 1. The number of rotatable bonds is 11. The van der Waals surface area contributed by atoms with Crippen LogP contribution in [0.15, 0.2) is 77.2 Å². The molecule has 0 spiro atoms. The van der Waals surface area contributed by atoms with Gasteiger partial charge in [0.1, 0.15) is 17.4 Å². The molecule has 0 aliphatic heterocycles. The maximum atomic E-state index is 13.9. The van der Waals surface area contributed by atoms with Gasteiger partial charge in [0, 0.05) is 24.7 Å². The lowest BCUT2D eigenvalue weighted by Gasteiger charge is -2.25. The van der Waals surface area contributed by atoms with Crippen LogP contribution in [-0.4, -0.2) is 34.7 Å². The van der Waals surface area contributed by atoms with Crippen molar-refractivity contribution >= 4 is 5.91 Å². The molecule has 0 aliphatic carbocycles. The highest BCUT2D eigenvalue weighted by molar-refractivity contribution is 5.94. The number of carbonyl (C=O) groups excluding carboxylic acids is 1. The molecule has 0 radical (unpaired) electrons. The SMILES string of the molecule is CCc1cccc(CNCC(O)C(Cc2cc(F)cc(F)c2)NC(=O)c2nc(-c3ccccc3)oc2C)c1. The average molecular weight is 520 g/mol. The molecular formula is C30H31F2N3O3. The van der Waals surface area contributed by atoms with Gasteiger partial charge in [-0.1, -0.05) is 49.4 Å². The van der Waals surface area contributed by atoms with Gasteiger partial charge in [0.25, 0.3) is 5.91 Å². The number of hydrogen-bond acceptors (Lipinski definition) is 5. The maximum Gasteiger partial charge on any atom is 0.273 e. The van der Waals surface area contributed by atoms with Crippen molar-refractivity contribution in [3.63, 3.8) is 0 Å². The van der Waals surface area contributed by atoms with E-state index in [1.807, 2.05) is 42.5 Å². The van der Waals surface area contributed by atoms with Crippen molar-refractivity contribution in [3.8, 4) is 11.5 Å². The summed E-state index contributed by atoms with van der Waals surface area (Å²) in [5, 5.41) is 17.0. The number of aryl methyl sites for hydroxylation is 2. The monoisotopic (exact) mass is 519 g/mol. The van der Waals surface area contributed by atoms with E-state index in [1.165, 1.54) is 17.7 Å². The van der Waals surface area contributed by atoms with Gasteiger partial charge in [0.15, 0.2) is 5.69 Å². The first kappa shape index (κ1) is 27.2. The molecule has 3 N–H and O–H groups in total. The molecule has 2 atom stereocenters. The lowest BCUT2D eigenvalue weighted by molar-refractivity contribution is 0.0824. The van der Waals surface area contributed by atoms with Crippen LogP contribution in [0.2, 0.25) is 0 Å². The molecule has 4 rings (SSSR count). The van der Waals surface area contributed by atoms with Crippen molar-refractivity contribution in [1.82, 2.24) is 15.6 Å². The molecule has 0 saturated carbocycles. The summed E-state index contributed by atoms with van der Waals surface area (Å²) in [6.07, 6.45) is -0.125. The first-order valence-electron chi connectivity index (χ1n) is 12.6. The van der Waals surface area contributed by atoms with Crippen LogP contribution in [0.4, 0.5) is 8.78 Å². The summed E-state index contributed by atoms with van der Waals surface area (Å²) < 4.78 is 33.4. The second-order valence-electron chi connectivity index (χ2n) is 9.22. The van der Waals surface area contributed by atoms with Crippen molar-refractivity contribution in [2.75, 3.05) is 6.54 Å². The molecule has 8 heteroatoms. The van der Waals surface area contributed by atoms with Crippen LogP contribution >= 0.6 is 0 Å². The number of carbonyl (C=O) groups is 1. The second kappa shape index (κ2) is 12.6. The fraction of sp³-hybridized carbons (Fsp3) is 0.267. The molecule has 0 saturated heterocycles. The van der Waals surface area contributed by atoms with Crippen molar-refractivity contribution in [1.29, 1.82) is 0 Å². The van der Waals surface area contributed by atoms with Crippen LogP contribution in [0, 0.1) is 18.6 Å². The number of hydrogen-bond donors (Lipinski definition) is 3. The zero-order chi connectivity index (χ0) is 27.1. The van der Waals surface area contributed by atoms with E-state index < -0.39 is 29.7 Å². The van der Waals surface area contributed by atoms with E-state index in [2.05, 4.69) is 34.7 Å². The van der Waals surface area contributed by atoms with Gasteiger partial charge in [-0.05, 0) is 60.7 Å². The third-order valence-electron chi connectivity index (χ3n) is 6.27. The average Bonchev–Trinajstić information content (AvgIpc) is 3.30. The number of amides is 1. The zero-order valence-electron chi connectivity index (χ0n) is 21.4. The van der Waals surface area contributed by atoms with E-state index in [0.717, 1.165) is 23.6 Å². The Balaban J connectivity index is 1.49. The molecule has 0 fully saturated rings. The van der Waals surface area contributed by atoms with Crippen molar-refractivity contribution in [3.05, 3.63) is 113 Å². The third kappa shape index (κ3) is 7.12. The molecule has 4 aromatic rings. The molecule has 3 aromatic carbocycles. The Morgan fingerprint density at radius 2 is 1.68 bits per heavy atom. The highest BCUT2D eigenvalue weighted by Gasteiger charge is 2.26. The molecule has 1 heterocycles. The standard InChI is InChI=1S/C30H31F2N3O3/c1-3-20-8-7-9-21(12-20)17-33-18-27(36)26(15-22-13-24(31)16-25(32)14-22)34-29(37)28-19(2)38-30(35-28)23-10-5-4-6-11-23/h4-14,16,26-27,33,36H,3,15,17-18H2,1-2H3,(H,34,37). The van der Waals surface area contributed by atoms with Crippen molar-refractivity contribution in [2.45, 2.75) is 45.4 Å². The molecular weight excluding hydrogens is 488 g/mol. The van der Waals surface area contributed by atoms with Gasteiger partial charge in [-0.25, -0.2) is 13.8 Å². The zero-order valence-corrected chi connectivity index (χ0v) is 21.4. The van der Waals surface area contributed by atoms with E-state index in [9.17, 15) is 18.7 Å². The number of nitrogens with zero attached hydrogens (tertiary/aromatic N) is 1. The minimum Gasteiger partial charge on any atom is -0.441 e. The second-order valence-corrected chi connectivity index (χ2v) is 9.22. The minimum absolute atomic E-state index is 0.0109. The largest absolute Gasteiger partial charge is 0.441 e. The van der Waals surface area contributed by atoms with Crippen molar-refractivity contribution < 1.29 is 23.1 Å². The number of oxazole rings is 1. The van der Waals surface area contributed by atoms with E-state index in [-0.39, 0.29) is 18.7 Å². The van der Waals surface area contributed by atoms with Crippen LogP contribution < -0.4 is 10.6 Å². The molecule has 6 nitrogen and oxygen atoms in total. The maximum absolute atomic E-state index is 13.9. The smallest absolute Gasteiger partial charge is 0.273 e. The normalized spacial score (nSPS) is 12.8. The molecule has 0 aliphatic rings. The third-order valence-corrected chi connectivity index (χ3v) is 6.27. The first-order chi connectivity index (χ1) is 18.3. The predicted molar refractivity (Wildman–Crippen MR) is 142 cm³/mol. The topological polar surface area (TPSA) is 87.4 Å². The van der Waals surface area contributed by atoms with Gasteiger partial charge in [-0.2, -0.15) is 0 Å². The minimum atomic E-state index is -1.06. The van der Waals surface area contributed by atoms with E-state index >= 15 is 0 Å².